The van der Waals surface area contributed by atoms with Gasteiger partial charge in [-0.15, -0.1) is 0 Å². The lowest BCUT2D eigenvalue weighted by atomic mass is 9.97. The van der Waals surface area contributed by atoms with E-state index in [-0.39, 0.29) is 43.2 Å². The van der Waals surface area contributed by atoms with Crippen molar-refractivity contribution in [2.24, 2.45) is 17.1 Å². The molecule has 1 aromatic rings. The van der Waals surface area contributed by atoms with E-state index in [0.29, 0.717) is 42.5 Å². The van der Waals surface area contributed by atoms with E-state index in [1.165, 1.54) is 0 Å². The van der Waals surface area contributed by atoms with Crippen molar-refractivity contribution in [3.05, 3.63) is 29.8 Å². The average molecular weight is 733 g/mol. The van der Waals surface area contributed by atoms with E-state index >= 15 is 0 Å². The van der Waals surface area contributed by atoms with Gasteiger partial charge in [0.15, 0.2) is 6.35 Å². The Hall–Kier alpha value is -2.82. The van der Waals surface area contributed by atoms with Gasteiger partial charge in [0, 0.05) is 18.7 Å². The number of ether oxygens (including phenoxy) is 1. The Morgan fingerprint density at radius 2 is 1.59 bits per heavy atom. The van der Waals surface area contributed by atoms with E-state index in [1.807, 2.05) is 22.6 Å². The zero-order chi connectivity index (χ0) is 33.3. The van der Waals surface area contributed by atoms with Gasteiger partial charge in [-0.3, -0.25) is 35.0 Å². The number of alkyl halides is 1. The molecule has 0 radical (unpaired) electrons. The van der Waals surface area contributed by atoms with Crippen molar-refractivity contribution in [1.82, 2.24) is 21.3 Å². The summed E-state index contributed by atoms with van der Waals surface area (Å²) in [5, 5.41) is 23.0. The number of amides is 4. The fraction of sp³-hybridized carbons (Fsp3) is 0.633. The Labute approximate surface area is 273 Å². The molecule has 1 aromatic carbocycles. The number of rotatable bonds is 19. The summed E-state index contributed by atoms with van der Waals surface area (Å²) >= 11 is 1.98. The van der Waals surface area contributed by atoms with Gasteiger partial charge in [-0.1, -0.05) is 48.6 Å². The Morgan fingerprint density at radius 1 is 0.932 bits per heavy atom. The van der Waals surface area contributed by atoms with Gasteiger partial charge in [0.1, 0.15) is 18.7 Å². The number of hydrogen-bond donors (Lipinski definition) is 7. The maximum absolute atomic E-state index is 13.3. The summed E-state index contributed by atoms with van der Waals surface area (Å²) in [6.07, 6.45) is 0.811. The number of esters is 1. The standard InChI is InChI=1S/C30H49IN6O7/c1-19(2)25(37-23(38)10-6-7-15-33-24(39)17-31)27(41)36-22(9-8-16-34-29(32)43)26(40)35-21-13-11-20(12-14-21)18-44-28(42)30(3,4)5/h11-14,19,22,25,29,34,43H,6-10,15-18,32H2,1-5H3,(H,33,39)(H,35,40)(H,36,41)(H,37,38)/t22-,25?,29?/m0/s1. The first-order valence-corrected chi connectivity index (χ1v) is 16.3. The number of unbranched alkanes of at least 4 members (excludes halogenated alkanes) is 1. The molecular weight excluding hydrogens is 683 g/mol. The third-order valence-corrected chi connectivity index (χ3v) is 7.09. The van der Waals surface area contributed by atoms with Gasteiger partial charge in [0.25, 0.3) is 0 Å². The number of anilines is 1. The van der Waals surface area contributed by atoms with Gasteiger partial charge in [0.05, 0.1) is 9.84 Å². The van der Waals surface area contributed by atoms with Gasteiger partial charge in [-0.05, 0) is 76.6 Å². The summed E-state index contributed by atoms with van der Waals surface area (Å²) in [6.45, 7) is 9.79. The van der Waals surface area contributed by atoms with Gasteiger partial charge in [-0.2, -0.15) is 0 Å². The minimum atomic E-state index is -1.21. The Morgan fingerprint density at radius 3 is 2.16 bits per heavy atom. The molecule has 44 heavy (non-hydrogen) atoms. The van der Waals surface area contributed by atoms with E-state index in [9.17, 15) is 29.1 Å². The quantitative estimate of drug-likeness (QED) is 0.0363. The molecule has 2 unspecified atom stereocenters. The summed E-state index contributed by atoms with van der Waals surface area (Å²) in [5.74, 6) is -1.88. The molecule has 0 fully saturated rings. The van der Waals surface area contributed by atoms with Crippen LogP contribution in [0.1, 0.15) is 72.3 Å². The number of halogens is 1. The zero-order valence-corrected chi connectivity index (χ0v) is 28.5. The summed E-state index contributed by atoms with van der Waals surface area (Å²) in [6, 6.07) is 5.00. The highest BCUT2D eigenvalue weighted by Crippen LogP contribution is 2.18. The van der Waals surface area contributed by atoms with Crippen molar-refractivity contribution in [3.63, 3.8) is 0 Å². The normalized spacial score (nSPS) is 13.4. The Bertz CT molecular complexity index is 1080. The molecule has 0 spiro atoms. The molecule has 14 heteroatoms. The Balaban J connectivity index is 2.83. The molecule has 4 amide bonds. The van der Waals surface area contributed by atoms with Crippen LogP contribution in [0.15, 0.2) is 24.3 Å². The second-order valence-corrected chi connectivity index (χ2v) is 12.6. The minimum Gasteiger partial charge on any atom is -0.460 e. The van der Waals surface area contributed by atoms with Crippen molar-refractivity contribution in [3.8, 4) is 0 Å². The van der Waals surface area contributed by atoms with Crippen LogP contribution < -0.4 is 32.3 Å². The summed E-state index contributed by atoms with van der Waals surface area (Å²) in [5.41, 5.74) is 5.94. The molecule has 248 valence electrons. The van der Waals surface area contributed by atoms with Crippen LogP contribution in [-0.2, 0) is 35.3 Å². The molecule has 13 nitrogen and oxygen atoms in total. The van der Waals surface area contributed by atoms with Crippen LogP contribution in [0.2, 0.25) is 0 Å². The van der Waals surface area contributed by atoms with Crippen LogP contribution in [0.3, 0.4) is 0 Å². The number of aliphatic hydroxyl groups excluding tert-OH is 1. The third-order valence-electron chi connectivity index (χ3n) is 6.40. The third kappa shape index (κ3) is 16.3. The molecule has 0 aliphatic heterocycles. The minimum absolute atomic E-state index is 0.0592. The maximum Gasteiger partial charge on any atom is 0.311 e. The van der Waals surface area contributed by atoms with Crippen LogP contribution in [0.4, 0.5) is 5.69 Å². The summed E-state index contributed by atoms with van der Waals surface area (Å²) in [7, 11) is 0. The number of nitrogens with two attached hydrogens (primary N) is 1. The topological polar surface area (TPSA) is 201 Å². The molecule has 0 aliphatic carbocycles. The molecule has 0 bridgehead atoms. The van der Waals surface area contributed by atoms with Crippen molar-refractivity contribution >= 4 is 57.9 Å². The van der Waals surface area contributed by atoms with Crippen LogP contribution in [0.25, 0.3) is 0 Å². The lowest BCUT2D eigenvalue weighted by Gasteiger charge is -2.25. The van der Waals surface area contributed by atoms with E-state index in [4.69, 9.17) is 10.5 Å². The predicted octanol–water partition coefficient (Wildman–Crippen LogP) is 1.67. The molecule has 1 rings (SSSR count). The summed E-state index contributed by atoms with van der Waals surface area (Å²) in [4.78, 5) is 62.5. The predicted molar refractivity (Wildman–Crippen MR) is 176 cm³/mol. The fourth-order valence-electron chi connectivity index (χ4n) is 3.83. The van der Waals surface area contributed by atoms with E-state index in [0.717, 1.165) is 5.56 Å². The highest BCUT2D eigenvalue weighted by Gasteiger charge is 2.29. The van der Waals surface area contributed by atoms with Crippen LogP contribution >= 0.6 is 22.6 Å². The number of nitrogens with one attached hydrogen (secondary N) is 5. The van der Waals surface area contributed by atoms with Crippen molar-refractivity contribution < 1.29 is 33.8 Å². The molecule has 0 saturated carbocycles. The first-order chi connectivity index (χ1) is 20.6. The second kappa shape index (κ2) is 20.3. The van der Waals surface area contributed by atoms with Gasteiger partial charge < -0.3 is 31.1 Å². The first-order valence-electron chi connectivity index (χ1n) is 14.8. The maximum atomic E-state index is 13.3. The monoisotopic (exact) mass is 732 g/mol. The van der Waals surface area contributed by atoms with Crippen molar-refractivity contribution in [2.45, 2.75) is 91.8 Å². The number of benzene rings is 1. The van der Waals surface area contributed by atoms with E-state index in [2.05, 4.69) is 26.6 Å². The number of aliphatic hydroxyl groups is 1. The lowest BCUT2D eigenvalue weighted by molar-refractivity contribution is -0.154. The molecule has 0 saturated heterocycles. The molecule has 0 aromatic heterocycles. The van der Waals surface area contributed by atoms with Crippen molar-refractivity contribution in [1.29, 1.82) is 0 Å². The van der Waals surface area contributed by atoms with Gasteiger partial charge >= 0.3 is 5.97 Å². The zero-order valence-electron chi connectivity index (χ0n) is 26.3. The highest BCUT2D eigenvalue weighted by atomic mass is 127. The largest absolute Gasteiger partial charge is 0.460 e. The number of carbonyl (C=O) groups excluding carboxylic acids is 5. The van der Waals surface area contributed by atoms with Crippen LogP contribution in [0, 0.1) is 11.3 Å². The molecular formula is C30H49IN6O7. The van der Waals surface area contributed by atoms with Crippen LogP contribution in [-0.4, -0.2) is 70.7 Å². The molecule has 0 aliphatic rings. The fourth-order valence-corrected chi connectivity index (χ4v) is 4.10. The second-order valence-electron chi connectivity index (χ2n) is 11.8. The average Bonchev–Trinajstić information content (AvgIpc) is 2.95. The van der Waals surface area contributed by atoms with Gasteiger partial charge in [-0.25, -0.2) is 0 Å². The first kappa shape index (κ1) is 39.2. The smallest absolute Gasteiger partial charge is 0.311 e. The van der Waals surface area contributed by atoms with Crippen LogP contribution in [0.5, 0.6) is 0 Å². The highest BCUT2D eigenvalue weighted by molar-refractivity contribution is 14.1. The molecule has 8 N–H and O–H groups in total. The van der Waals surface area contributed by atoms with E-state index < -0.39 is 35.7 Å². The number of carbonyl (C=O) groups is 5. The molecule has 3 atom stereocenters. The van der Waals surface area contributed by atoms with Crippen molar-refractivity contribution in [2.75, 3.05) is 22.8 Å². The summed E-state index contributed by atoms with van der Waals surface area (Å²) < 4.78 is 5.70. The molecule has 0 heterocycles. The van der Waals surface area contributed by atoms with E-state index in [1.54, 1.807) is 58.9 Å². The Kier molecular flexibility index (Phi) is 18.0. The SMILES string of the molecule is CC(C)C(NC(=O)CCCCNC(=O)CI)C(=O)N[C@@H](CCCNC(N)O)C(=O)Nc1ccc(COC(=O)C(C)(C)C)cc1. The van der Waals surface area contributed by atoms with Gasteiger partial charge in [0.2, 0.25) is 23.6 Å². The lowest BCUT2D eigenvalue weighted by Crippen LogP contribution is -2.54. The number of hydrogen-bond acceptors (Lipinski definition) is 9.